The molecule has 1 aromatic heterocycles. The van der Waals surface area contributed by atoms with Crippen LogP contribution < -0.4 is 0 Å². The molecule has 1 unspecified atom stereocenters. The molecule has 0 amide bonds. The molecule has 3 rings (SSSR count). The lowest BCUT2D eigenvalue weighted by Gasteiger charge is -2.20. The minimum atomic E-state index is 0.451. The van der Waals surface area contributed by atoms with Crippen molar-refractivity contribution in [3.05, 3.63) is 4.73 Å². The van der Waals surface area contributed by atoms with Crippen molar-refractivity contribution in [3.63, 3.8) is 0 Å². The molecule has 6 heteroatoms. The van der Waals surface area contributed by atoms with Crippen molar-refractivity contribution in [1.29, 1.82) is 0 Å². The van der Waals surface area contributed by atoms with Crippen LogP contribution in [-0.4, -0.2) is 44.7 Å². The van der Waals surface area contributed by atoms with E-state index in [0.717, 1.165) is 12.5 Å². The van der Waals surface area contributed by atoms with Gasteiger partial charge in [0.05, 0.1) is 6.04 Å². The molecule has 0 aromatic carbocycles. The minimum absolute atomic E-state index is 0.451. The smallest absolute Gasteiger partial charge is 0.239 e. The Kier molecular flexibility index (Phi) is 1.66. The molecule has 2 fully saturated rings. The summed E-state index contributed by atoms with van der Waals surface area (Å²) in [7, 11) is 0. The lowest BCUT2D eigenvalue weighted by Crippen LogP contribution is -2.27. The third-order valence-corrected chi connectivity index (χ3v) is 3.32. The van der Waals surface area contributed by atoms with Crippen LogP contribution >= 0.6 is 15.9 Å². The van der Waals surface area contributed by atoms with Crippen LogP contribution in [0.1, 0.15) is 12.5 Å². The monoisotopic (exact) mass is 243 g/mol. The number of hydrogen-bond acceptors (Lipinski definition) is 4. The Labute approximate surface area is 84.2 Å². The first-order chi connectivity index (χ1) is 6.33. The van der Waals surface area contributed by atoms with Crippen LogP contribution in [0.3, 0.4) is 0 Å². The number of piperidine rings is 1. The first-order valence-corrected chi connectivity index (χ1v) is 5.29. The molecule has 0 radical (unpaired) electrons. The number of halogens is 1. The van der Waals surface area contributed by atoms with Gasteiger partial charge in [-0.25, -0.2) is 0 Å². The molecule has 5 nitrogen and oxygen atoms in total. The van der Waals surface area contributed by atoms with E-state index in [-0.39, 0.29) is 0 Å². The molecule has 70 valence electrons. The zero-order valence-corrected chi connectivity index (χ0v) is 8.68. The highest BCUT2D eigenvalue weighted by Crippen LogP contribution is 2.35. The number of nitrogens with zero attached hydrogens (tertiary/aromatic N) is 5. The van der Waals surface area contributed by atoms with Gasteiger partial charge in [0, 0.05) is 13.1 Å². The molecule has 3 atom stereocenters. The summed E-state index contributed by atoms with van der Waals surface area (Å²) in [6.07, 6.45) is 1.28. The van der Waals surface area contributed by atoms with Gasteiger partial charge in [-0.1, -0.05) is 0 Å². The highest BCUT2D eigenvalue weighted by Gasteiger charge is 2.40. The summed E-state index contributed by atoms with van der Waals surface area (Å²) in [6, 6.07) is 0.451. The van der Waals surface area contributed by atoms with E-state index in [4.69, 9.17) is 0 Å². The van der Waals surface area contributed by atoms with Gasteiger partial charge in [-0.3, -0.25) is 0 Å². The van der Waals surface area contributed by atoms with Crippen molar-refractivity contribution in [2.45, 2.75) is 12.5 Å². The van der Waals surface area contributed by atoms with Crippen molar-refractivity contribution in [2.75, 3.05) is 19.6 Å². The van der Waals surface area contributed by atoms with Gasteiger partial charge in [-0.05, 0) is 40.0 Å². The molecule has 3 heterocycles. The zero-order valence-electron chi connectivity index (χ0n) is 7.10. The molecule has 0 saturated carbocycles. The van der Waals surface area contributed by atoms with Crippen LogP contribution in [0, 0.1) is 5.92 Å². The summed E-state index contributed by atoms with van der Waals surface area (Å²) in [5.41, 5.74) is 0. The molecule has 2 aliphatic rings. The zero-order chi connectivity index (χ0) is 8.84. The number of hydrogen-bond donors (Lipinski definition) is 0. The van der Waals surface area contributed by atoms with Crippen molar-refractivity contribution >= 4 is 15.9 Å². The molecule has 2 aliphatic heterocycles. The molecule has 13 heavy (non-hydrogen) atoms. The summed E-state index contributed by atoms with van der Waals surface area (Å²) < 4.78 is 0.588. The van der Waals surface area contributed by atoms with Gasteiger partial charge in [0.1, 0.15) is 0 Å². The number of tetrazole rings is 1. The fourth-order valence-electron chi connectivity index (χ4n) is 2.37. The van der Waals surface area contributed by atoms with Gasteiger partial charge >= 0.3 is 0 Å². The maximum Gasteiger partial charge on any atom is 0.239 e. The SMILES string of the molecule is Brc1nnn([C@@H]2CN3CC[C@H]2C3)n1. The largest absolute Gasteiger partial charge is 0.301 e. The Morgan fingerprint density at radius 1 is 1.38 bits per heavy atom. The average molecular weight is 244 g/mol. The standard InChI is InChI=1S/C7H10BrN5/c8-7-9-11-13(10-7)6-4-12-2-1-5(6)3-12/h5-6H,1-4H2/t5-,6+/m0/s1. The van der Waals surface area contributed by atoms with E-state index >= 15 is 0 Å². The van der Waals surface area contributed by atoms with E-state index in [1.165, 1.54) is 19.5 Å². The van der Waals surface area contributed by atoms with Gasteiger partial charge in [0.25, 0.3) is 0 Å². The fraction of sp³-hybridized carbons (Fsp3) is 0.857. The third-order valence-electron chi connectivity index (χ3n) is 3.00. The van der Waals surface area contributed by atoms with Crippen LogP contribution in [0.4, 0.5) is 0 Å². The summed E-state index contributed by atoms with van der Waals surface area (Å²) in [5, 5.41) is 12.0. The lowest BCUT2D eigenvalue weighted by atomic mass is 10.0. The Balaban J connectivity index is 1.87. The average Bonchev–Trinajstić information content (AvgIpc) is 2.77. The molecule has 2 saturated heterocycles. The van der Waals surface area contributed by atoms with Crippen LogP contribution in [-0.2, 0) is 0 Å². The summed E-state index contributed by atoms with van der Waals surface area (Å²) in [5.74, 6) is 0.737. The second kappa shape index (κ2) is 2.75. The second-order valence-electron chi connectivity index (χ2n) is 3.75. The predicted octanol–water partition coefficient (Wildman–Crippen LogP) is 0.312. The topological polar surface area (TPSA) is 46.8 Å². The van der Waals surface area contributed by atoms with Crippen molar-refractivity contribution in [1.82, 2.24) is 25.1 Å². The van der Waals surface area contributed by atoms with E-state index < -0.39 is 0 Å². The van der Waals surface area contributed by atoms with E-state index in [9.17, 15) is 0 Å². The number of fused-ring (bicyclic) bond motifs is 2. The molecule has 2 bridgehead atoms. The summed E-state index contributed by atoms with van der Waals surface area (Å²) in [4.78, 5) is 4.22. The van der Waals surface area contributed by atoms with Crippen molar-refractivity contribution in [3.8, 4) is 0 Å². The predicted molar refractivity (Wildman–Crippen MR) is 49.1 cm³/mol. The van der Waals surface area contributed by atoms with Crippen LogP contribution in [0.25, 0.3) is 0 Å². The molecule has 1 aromatic rings. The highest BCUT2D eigenvalue weighted by atomic mass is 79.9. The van der Waals surface area contributed by atoms with Gasteiger partial charge in [0.2, 0.25) is 4.73 Å². The van der Waals surface area contributed by atoms with Crippen LogP contribution in [0.2, 0.25) is 0 Å². The first kappa shape index (κ1) is 7.87. The van der Waals surface area contributed by atoms with Gasteiger partial charge in [-0.15, -0.1) is 10.2 Å². The van der Waals surface area contributed by atoms with Crippen molar-refractivity contribution < 1.29 is 0 Å². The summed E-state index contributed by atoms with van der Waals surface area (Å²) >= 11 is 3.21. The Morgan fingerprint density at radius 2 is 2.31 bits per heavy atom. The Bertz CT molecular complexity index is 324. The lowest BCUT2D eigenvalue weighted by molar-refractivity contribution is 0.263. The molecule has 0 aliphatic carbocycles. The minimum Gasteiger partial charge on any atom is -0.301 e. The normalized spacial score (nSPS) is 37.2. The third kappa shape index (κ3) is 1.20. The first-order valence-electron chi connectivity index (χ1n) is 4.50. The fourth-order valence-corrected chi connectivity index (χ4v) is 2.60. The van der Waals surface area contributed by atoms with E-state index in [1.807, 2.05) is 0 Å². The van der Waals surface area contributed by atoms with Gasteiger partial charge in [-0.2, -0.15) is 4.80 Å². The Morgan fingerprint density at radius 3 is 2.85 bits per heavy atom. The second-order valence-corrected chi connectivity index (χ2v) is 4.46. The van der Waals surface area contributed by atoms with Crippen molar-refractivity contribution in [2.24, 2.45) is 5.92 Å². The Hall–Kier alpha value is -0.490. The quantitative estimate of drug-likeness (QED) is 0.713. The number of aromatic nitrogens is 4. The van der Waals surface area contributed by atoms with E-state index in [1.54, 1.807) is 4.80 Å². The van der Waals surface area contributed by atoms with E-state index in [2.05, 4.69) is 36.2 Å². The van der Waals surface area contributed by atoms with Crippen LogP contribution in [0.5, 0.6) is 0 Å². The molecular formula is C7H10BrN5. The molecule has 0 N–H and O–H groups in total. The molecular weight excluding hydrogens is 234 g/mol. The van der Waals surface area contributed by atoms with Crippen LogP contribution in [0.15, 0.2) is 4.73 Å². The summed E-state index contributed by atoms with van der Waals surface area (Å²) in [6.45, 7) is 3.55. The van der Waals surface area contributed by atoms with Gasteiger partial charge in [0.15, 0.2) is 0 Å². The maximum atomic E-state index is 4.20. The number of rotatable bonds is 1. The van der Waals surface area contributed by atoms with Gasteiger partial charge < -0.3 is 4.90 Å². The maximum absolute atomic E-state index is 4.20. The van der Waals surface area contributed by atoms with E-state index in [0.29, 0.717) is 10.8 Å². The molecule has 0 spiro atoms. The highest BCUT2D eigenvalue weighted by molar-refractivity contribution is 9.10.